The van der Waals surface area contributed by atoms with E-state index in [1.807, 2.05) is 6.92 Å². The molecule has 1 saturated carbocycles. The first-order valence-electron chi connectivity index (χ1n) is 6.22. The van der Waals surface area contributed by atoms with Crippen molar-refractivity contribution in [1.82, 2.24) is 5.32 Å². The Labute approximate surface area is 110 Å². The molecular formula is C12H21NO4S. The molecule has 5 nitrogen and oxygen atoms in total. The first kappa shape index (κ1) is 15.1. The molecule has 6 heteroatoms. The molecule has 2 unspecified atom stereocenters. The minimum atomic E-state index is -0.880. The number of carbonyl (C=O) groups is 2. The number of carbonyl (C=O) groups excluding carboxylic acids is 1. The van der Waals surface area contributed by atoms with Gasteiger partial charge in [0.15, 0.2) is 0 Å². The largest absolute Gasteiger partial charge is 0.481 e. The van der Waals surface area contributed by atoms with Crippen molar-refractivity contribution in [2.75, 3.05) is 18.6 Å². The number of nitrogens with one attached hydrogen (secondary N) is 1. The summed E-state index contributed by atoms with van der Waals surface area (Å²) in [6, 6.07) is 0. The molecule has 0 aromatic carbocycles. The van der Waals surface area contributed by atoms with Gasteiger partial charge in [0.25, 0.3) is 0 Å². The van der Waals surface area contributed by atoms with Crippen LogP contribution in [0.15, 0.2) is 0 Å². The monoisotopic (exact) mass is 275 g/mol. The lowest BCUT2D eigenvalue weighted by Gasteiger charge is -2.15. The molecule has 1 rings (SSSR count). The Kier molecular flexibility index (Phi) is 5.78. The van der Waals surface area contributed by atoms with Gasteiger partial charge in [-0.05, 0) is 25.2 Å². The Bertz CT molecular complexity index is 345. The van der Waals surface area contributed by atoms with E-state index >= 15 is 0 Å². The first-order chi connectivity index (χ1) is 8.41. The SMILES string of the molecule is CC1C[C@H](C(=O)NCCCS(C)=O)[C@H](C(=O)O)C1. The zero-order valence-corrected chi connectivity index (χ0v) is 11.7. The average molecular weight is 275 g/mol. The molecule has 104 valence electrons. The van der Waals surface area contributed by atoms with Crippen LogP contribution in [0.4, 0.5) is 0 Å². The van der Waals surface area contributed by atoms with Gasteiger partial charge in [-0.3, -0.25) is 13.8 Å². The highest BCUT2D eigenvalue weighted by molar-refractivity contribution is 7.84. The second-order valence-corrected chi connectivity index (χ2v) is 6.60. The Balaban J connectivity index is 2.40. The van der Waals surface area contributed by atoms with E-state index < -0.39 is 28.6 Å². The van der Waals surface area contributed by atoms with Gasteiger partial charge in [0.2, 0.25) is 5.91 Å². The molecule has 1 fully saturated rings. The topological polar surface area (TPSA) is 83.5 Å². The van der Waals surface area contributed by atoms with Crippen LogP contribution in [0.3, 0.4) is 0 Å². The first-order valence-corrected chi connectivity index (χ1v) is 7.95. The van der Waals surface area contributed by atoms with Crippen molar-refractivity contribution >= 4 is 22.7 Å². The van der Waals surface area contributed by atoms with Gasteiger partial charge in [0.05, 0.1) is 11.8 Å². The summed E-state index contributed by atoms with van der Waals surface area (Å²) in [7, 11) is -0.848. The minimum Gasteiger partial charge on any atom is -0.481 e. The molecule has 1 amide bonds. The maximum Gasteiger partial charge on any atom is 0.307 e. The number of carboxylic acid groups (broad SMARTS) is 1. The van der Waals surface area contributed by atoms with Crippen molar-refractivity contribution in [2.24, 2.45) is 17.8 Å². The molecule has 1 aliphatic carbocycles. The molecule has 4 atom stereocenters. The molecule has 0 radical (unpaired) electrons. The standard InChI is InChI=1S/C12H21NO4S/c1-8-6-9(10(7-8)12(15)16)11(14)13-4-3-5-18(2)17/h8-10H,3-7H2,1-2H3,(H,13,14)(H,15,16)/t8?,9-,10+,18?/m0/s1. The van der Waals surface area contributed by atoms with E-state index in [1.54, 1.807) is 6.26 Å². The molecule has 18 heavy (non-hydrogen) atoms. The van der Waals surface area contributed by atoms with Crippen molar-refractivity contribution in [3.05, 3.63) is 0 Å². The Morgan fingerprint density at radius 2 is 1.94 bits per heavy atom. The third-order valence-electron chi connectivity index (χ3n) is 3.36. The smallest absolute Gasteiger partial charge is 0.307 e. The lowest BCUT2D eigenvalue weighted by Crippen LogP contribution is -2.36. The van der Waals surface area contributed by atoms with E-state index in [9.17, 15) is 13.8 Å². The molecular weight excluding hydrogens is 254 g/mol. The van der Waals surface area contributed by atoms with Crippen LogP contribution in [-0.2, 0) is 20.4 Å². The highest BCUT2D eigenvalue weighted by Gasteiger charge is 2.40. The fraction of sp³-hybridized carbons (Fsp3) is 0.833. The average Bonchev–Trinajstić information content (AvgIpc) is 2.66. The van der Waals surface area contributed by atoms with Crippen LogP contribution < -0.4 is 5.32 Å². The normalized spacial score (nSPS) is 28.9. The molecule has 0 bridgehead atoms. The van der Waals surface area contributed by atoms with Gasteiger partial charge in [0.1, 0.15) is 0 Å². The summed E-state index contributed by atoms with van der Waals surface area (Å²) < 4.78 is 10.8. The summed E-state index contributed by atoms with van der Waals surface area (Å²) in [4.78, 5) is 23.0. The van der Waals surface area contributed by atoms with Gasteiger partial charge in [-0.2, -0.15) is 0 Å². The van der Waals surface area contributed by atoms with Crippen molar-refractivity contribution < 1.29 is 18.9 Å². The highest BCUT2D eigenvalue weighted by atomic mass is 32.2. The zero-order valence-electron chi connectivity index (χ0n) is 10.8. The van der Waals surface area contributed by atoms with Crippen LogP contribution in [0.25, 0.3) is 0 Å². The van der Waals surface area contributed by atoms with E-state index in [0.29, 0.717) is 31.6 Å². The number of rotatable bonds is 6. The molecule has 2 N–H and O–H groups in total. The van der Waals surface area contributed by atoms with Gasteiger partial charge in [-0.1, -0.05) is 6.92 Å². The van der Waals surface area contributed by atoms with Crippen molar-refractivity contribution in [3.63, 3.8) is 0 Å². The van der Waals surface area contributed by atoms with Gasteiger partial charge < -0.3 is 10.4 Å². The van der Waals surface area contributed by atoms with Crippen molar-refractivity contribution in [3.8, 4) is 0 Å². The molecule has 0 saturated heterocycles. The van der Waals surface area contributed by atoms with Gasteiger partial charge in [-0.25, -0.2) is 0 Å². The third-order valence-corrected chi connectivity index (χ3v) is 4.22. The number of hydrogen-bond donors (Lipinski definition) is 2. The van der Waals surface area contributed by atoms with Crippen LogP contribution in [0.2, 0.25) is 0 Å². The highest BCUT2D eigenvalue weighted by Crippen LogP contribution is 2.36. The maximum atomic E-state index is 11.9. The summed E-state index contributed by atoms with van der Waals surface area (Å²) in [5, 5.41) is 11.8. The second-order valence-electron chi connectivity index (χ2n) is 5.05. The van der Waals surface area contributed by atoms with Crippen LogP contribution in [0.1, 0.15) is 26.2 Å². The Hall–Kier alpha value is -0.910. The van der Waals surface area contributed by atoms with Crippen LogP contribution in [0, 0.1) is 17.8 Å². The van der Waals surface area contributed by atoms with Crippen LogP contribution in [0.5, 0.6) is 0 Å². The second kappa shape index (κ2) is 6.87. The zero-order chi connectivity index (χ0) is 13.7. The lowest BCUT2D eigenvalue weighted by molar-refractivity contribution is -0.146. The molecule has 0 aliphatic heterocycles. The van der Waals surface area contributed by atoms with Crippen molar-refractivity contribution in [2.45, 2.75) is 26.2 Å². The summed E-state index contributed by atoms with van der Waals surface area (Å²) >= 11 is 0. The predicted octanol–water partition coefficient (Wildman–Crippen LogP) is 0.618. The Morgan fingerprint density at radius 1 is 1.33 bits per heavy atom. The van der Waals surface area contributed by atoms with Crippen LogP contribution >= 0.6 is 0 Å². The fourth-order valence-electron chi connectivity index (χ4n) is 2.47. The van der Waals surface area contributed by atoms with Crippen molar-refractivity contribution in [1.29, 1.82) is 0 Å². The quantitative estimate of drug-likeness (QED) is 0.696. The summed E-state index contributed by atoms with van der Waals surface area (Å²) in [6.45, 7) is 2.44. The summed E-state index contributed by atoms with van der Waals surface area (Å²) in [6.07, 6.45) is 3.50. The van der Waals surface area contributed by atoms with E-state index in [0.717, 1.165) is 0 Å². The van der Waals surface area contributed by atoms with E-state index in [-0.39, 0.29) is 11.8 Å². The molecule has 0 aromatic heterocycles. The maximum absolute atomic E-state index is 11.9. The van der Waals surface area contributed by atoms with Gasteiger partial charge in [0, 0.05) is 29.4 Å². The van der Waals surface area contributed by atoms with E-state index in [1.165, 1.54) is 0 Å². The number of aliphatic carboxylic acids is 1. The predicted molar refractivity (Wildman–Crippen MR) is 69.6 cm³/mol. The summed E-state index contributed by atoms with van der Waals surface area (Å²) in [5.74, 6) is -1.18. The third kappa shape index (κ3) is 4.40. The van der Waals surface area contributed by atoms with Crippen LogP contribution in [-0.4, -0.2) is 39.7 Å². The Morgan fingerprint density at radius 3 is 2.50 bits per heavy atom. The summed E-state index contributed by atoms with van der Waals surface area (Å²) in [5.41, 5.74) is 0. The lowest BCUT2D eigenvalue weighted by atomic mass is 9.95. The minimum absolute atomic E-state index is 0.173. The molecule has 0 aromatic rings. The molecule has 0 spiro atoms. The fourth-order valence-corrected chi connectivity index (χ4v) is 3.02. The van der Waals surface area contributed by atoms with Gasteiger partial charge >= 0.3 is 5.97 Å². The molecule has 0 heterocycles. The van der Waals surface area contributed by atoms with E-state index in [2.05, 4.69) is 5.32 Å². The molecule has 1 aliphatic rings. The number of hydrogen-bond acceptors (Lipinski definition) is 3. The number of amides is 1. The van der Waals surface area contributed by atoms with Gasteiger partial charge in [-0.15, -0.1) is 0 Å². The van der Waals surface area contributed by atoms with E-state index in [4.69, 9.17) is 5.11 Å². The number of carboxylic acids is 1.